The largest absolute Gasteiger partial charge is 0.514 e. The number of rotatable bonds is 9. The first-order valence-corrected chi connectivity index (χ1v) is 27.4. The number of fused-ring (bicyclic) bond motifs is 10. The average molecular weight is 1060 g/mol. The maximum atomic E-state index is 15.3. The molecule has 0 radical (unpaired) electrons. The molecule has 1 spiro atoms. The molecule has 9 heterocycles. The number of carbonyl (C=O) groups is 4. The number of benzene rings is 3. The molecule has 2 amide bonds. The van der Waals surface area contributed by atoms with Gasteiger partial charge in [-0.25, -0.2) is 14.4 Å². The molecule has 74 heavy (non-hydrogen) atoms. The fraction of sp³-hybridized carbons (Fsp3) is 0.566. The summed E-state index contributed by atoms with van der Waals surface area (Å²) in [4.78, 5) is 59.1. The molecular formula is C53H62N6O13S2. The molecule has 3 unspecified atom stereocenters. The van der Waals surface area contributed by atoms with Crippen molar-refractivity contribution in [2.24, 2.45) is 0 Å². The van der Waals surface area contributed by atoms with Crippen LogP contribution in [0.5, 0.6) is 40.2 Å². The summed E-state index contributed by atoms with van der Waals surface area (Å²) in [6, 6.07) is 5.06. The summed E-state index contributed by atoms with van der Waals surface area (Å²) >= 11 is 3.29. The zero-order chi connectivity index (χ0) is 52.1. The second kappa shape index (κ2) is 19.1. The Labute approximate surface area is 437 Å². The van der Waals surface area contributed by atoms with E-state index in [0.717, 1.165) is 35.3 Å². The van der Waals surface area contributed by atoms with Crippen molar-refractivity contribution >= 4 is 47.6 Å². The van der Waals surface area contributed by atoms with Gasteiger partial charge in [-0.3, -0.25) is 19.9 Å². The Morgan fingerprint density at radius 1 is 0.959 bits per heavy atom. The van der Waals surface area contributed by atoms with Crippen LogP contribution in [0.2, 0.25) is 0 Å². The lowest BCUT2D eigenvalue weighted by atomic mass is 9.71. The average Bonchev–Trinajstić information content (AvgIpc) is 4.11. The third kappa shape index (κ3) is 8.21. The maximum absolute atomic E-state index is 15.3. The van der Waals surface area contributed by atoms with Gasteiger partial charge in [0.2, 0.25) is 6.79 Å². The summed E-state index contributed by atoms with van der Waals surface area (Å²) in [5, 5.41) is 33.0. The van der Waals surface area contributed by atoms with Gasteiger partial charge in [-0.15, -0.1) is 11.8 Å². The molecule has 394 valence electrons. The van der Waals surface area contributed by atoms with E-state index in [0.29, 0.717) is 76.6 Å². The molecule has 9 aliphatic heterocycles. The lowest BCUT2D eigenvalue weighted by molar-refractivity contribution is -0.157. The van der Waals surface area contributed by atoms with Gasteiger partial charge in [0.1, 0.15) is 24.0 Å². The van der Waals surface area contributed by atoms with Crippen LogP contribution in [0.1, 0.15) is 108 Å². The second-order valence-corrected chi connectivity index (χ2v) is 23.8. The van der Waals surface area contributed by atoms with Crippen LogP contribution in [0, 0.1) is 25.2 Å². The molecule has 19 nitrogen and oxygen atoms in total. The molecule has 4 saturated heterocycles. The van der Waals surface area contributed by atoms with Gasteiger partial charge >= 0.3 is 24.1 Å². The van der Waals surface area contributed by atoms with Crippen LogP contribution in [0.15, 0.2) is 18.2 Å². The zero-order valence-corrected chi connectivity index (χ0v) is 44.3. The number of unbranched alkanes of at least 4 members (excludes halogenated alkanes) is 1. The number of piperazine rings is 1. The van der Waals surface area contributed by atoms with E-state index in [1.54, 1.807) is 32.9 Å². The smallest absolute Gasteiger partial charge is 0.504 e. The summed E-state index contributed by atoms with van der Waals surface area (Å²) in [7, 11) is 4.98. The van der Waals surface area contributed by atoms with Crippen molar-refractivity contribution in [2.45, 2.75) is 137 Å². The SMILES string of the molecule is COc1cc2c(cc1OC(=O)OC(C)(C)C)CCN[C@]21CS[C@@H]2c3c(OC(=O)CCCC[C@@H]4SCC5NC(=O)NC54)c(C)c4c(c3[C@@H](COC1=O)N1C2[C@H]2c3c(cc(C)c(OC)c3O)C[C@@H]([C@@H]1C#N)N2C)OCO4. The molecule has 0 saturated carbocycles. The number of likely N-dealkylation sites (N-methyl/N-ethyl adjacent to an activating group) is 1. The van der Waals surface area contributed by atoms with Gasteiger partial charge in [0, 0.05) is 64.1 Å². The highest BCUT2D eigenvalue weighted by Gasteiger charge is 2.62. The Kier molecular flexibility index (Phi) is 13.0. The minimum atomic E-state index is -1.49. The number of esters is 2. The van der Waals surface area contributed by atoms with Crippen molar-refractivity contribution in [3.05, 3.63) is 62.7 Å². The number of carbonyl (C=O) groups excluding carboxylic acids is 4. The number of nitrogens with zero attached hydrogens (tertiary/aromatic N) is 3. The van der Waals surface area contributed by atoms with Crippen molar-refractivity contribution in [1.82, 2.24) is 25.8 Å². The first-order valence-electron chi connectivity index (χ1n) is 25.3. The first-order chi connectivity index (χ1) is 35.5. The number of methoxy groups -OCH3 is 2. The monoisotopic (exact) mass is 1050 g/mol. The van der Waals surface area contributed by atoms with Crippen LogP contribution in [-0.4, -0.2) is 133 Å². The predicted molar refractivity (Wildman–Crippen MR) is 271 cm³/mol. The van der Waals surface area contributed by atoms with Crippen molar-refractivity contribution in [2.75, 3.05) is 52.7 Å². The standard InChI is InChI=1S/C53H62N6O13S2/c1-24-15-27-16-30-31(19-54)59-32-20-67-49(62)53(28-18-33(65-7)34(17-26(28)13-14-55-53)70-51(64)72-52(3,4)5)22-74-48(42(59)41(58(30)6)37(27)43(61)44(24)66-8)39-38(32)47-46(68-23-69-47)25(2)45(39)71-36(60)12-10-9-11-35-40-29(21-73-35)56-50(63)57-40/h15,17-18,29-32,35,40-42,48,55,61H,9-14,16,20-23H2,1-8H3,(H2,56,57,63)/t29?,30-,31-,32+,35-,40?,41+,42?,48+,53+/m0/s1. The topological polar surface area (TPSA) is 229 Å². The number of hydrogen-bond acceptors (Lipinski definition) is 19. The quantitative estimate of drug-likeness (QED) is 0.0606. The summed E-state index contributed by atoms with van der Waals surface area (Å²) < 4.78 is 48.8. The van der Waals surface area contributed by atoms with E-state index in [1.807, 2.05) is 38.7 Å². The molecule has 3 aromatic carbocycles. The molecule has 4 N–H and O–H groups in total. The molecule has 10 atom stereocenters. The highest BCUT2D eigenvalue weighted by molar-refractivity contribution is 8.00. The molecular weight excluding hydrogens is 993 g/mol. The number of thioether (sulfide) groups is 2. The number of phenolic OH excluding ortho intramolecular Hbond substituents is 1. The number of aryl methyl sites for hydroxylation is 1. The Bertz CT molecular complexity index is 2890. The maximum Gasteiger partial charge on any atom is 0.514 e. The van der Waals surface area contributed by atoms with Gasteiger partial charge in [0.25, 0.3) is 0 Å². The Morgan fingerprint density at radius 2 is 1.76 bits per heavy atom. The number of nitrogens with one attached hydrogen (secondary N) is 3. The number of hydrogen-bond donors (Lipinski definition) is 4. The van der Waals surface area contributed by atoms with Gasteiger partial charge in [-0.2, -0.15) is 17.0 Å². The Morgan fingerprint density at radius 3 is 2.51 bits per heavy atom. The lowest BCUT2D eigenvalue weighted by Gasteiger charge is -2.62. The highest BCUT2D eigenvalue weighted by atomic mass is 32.2. The number of nitriles is 1. The van der Waals surface area contributed by atoms with Gasteiger partial charge < -0.3 is 53.6 Å². The number of amides is 2. The summed E-state index contributed by atoms with van der Waals surface area (Å²) in [6.45, 7) is 8.98. The molecule has 21 heteroatoms. The third-order valence-electron chi connectivity index (χ3n) is 16.0. The van der Waals surface area contributed by atoms with Crippen molar-refractivity contribution < 1.29 is 62.2 Å². The van der Waals surface area contributed by atoms with Gasteiger partial charge in [-0.05, 0) is 102 Å². The Hall–Kier alpha value is -5.79. The van der Waals surface area contributed by atoms with Crippen LogP contribution in [0.4, 0.5) is 9.59 Å². The summed E-state index contributed by atoms with van der Waals surface area (Å²) in [6.07, 6.45) is 2.28. The highest BCUT2D eigenvalue weighted by Crippen LogP contribution is 2.65. The predicted octanol–water partition coefficient (Wildman–Crippen LogP) is 6.30. The van der Waals surface area contributed by atoms with E-state index in [1.165, 1.54) is 26.0 Å². The number of aromatic hydroxyl groups is 1. The van der Waals surface area contributed by atoms with E-state index < -0.39 is 58.7 Å². The third-order valence-corrected chi connectivity index (χ3v) is 19.0. The minimum absolute atomic E-state index is 0.0141. The van der Waals surface area contributed by atoms with Crippen LogP contribution < -0.4 is 44.4 Å². The number of urea groups is 1. The second-order valence-electron chi connectivity index (χ2n) is 21.4. The number of phenols is 1. The summed E-state index contributed by atoms with van der Waals surface area (Å²) in [5.74, 6) is 1.78. The molecule has 0 aliphatic carbocycles. The molecule has 12 rings (SSSR count). The van der Waals surface area contributed by atoms with Gasteiger partial charge in [0.15, 0.2) is 40.0 Å². The zero-order valence-electron chi connectivity index (χ0n) is 42.7. The molecule has 4 bridgehead atoms. The molecule has 3 aromatic rings. The summed E-state index contributed by atoms with van der Waals surface area (Å²) in [5.41, 5.74) is 3.18. The van der Waals surface area contributed by atoms with Crippen molar-refractivity contribution in [1.29, 1.82) is 5.26 Å². The Balaban J connectivity index is 1.04. The van der Waals surface area contributed by atoms with Crippen LogP contribution in [-0.2, 0) is 37.4 Å². The molecule has 4 fully saturated rings. The van der Waals surface area contributed by atoms with Crippen molar-refractivity contribution in [3.63, 3.8) is 0 Å². The van der Waals surface area contributed by atoms with Crippen molar-refractivity contribution in [3.8, 4) is 46.3 Å². The van der Waals surface area contributed by atoms with Gasteiger partial charge in [0.05, 0.1) is 49.7 Å². The van der Waals surface area contributed by atoms with E-state index in [4.69, 9.17) is 37.9 Å². The van der Waals surface area contributed by atoms with E-state index >= 15 is 4.79 Å². The minimum Gasteiger partial charge on any atom is -0.504 e. The first kappa shape index (κ1) is 50.4. The lowest BCUT2D eigenvalue weighted by Crippen LogP contribution is -2.69. The van der Waals surface area contributed by atoms with E-state index in [2.05, 4.69) is 31.8 Å². The molecule has 0 aromatic heterocycles. The fourth-order valence-corrected chi connectivity index (χ4v) is 16.1. The fourth-order valence-electron chi connectivity index (χ4n) is 12.9. The molecule has 9 aliphatic rings. The van der Waals surface area contributed by atoms with Crippen LogP contribution >= 0.6 is 23.5 Å². The van der Waals surface area contributed by atoms with E-state index in [9.17, 15) is 24.8 Å². The number of ether oxygens (including phenoxy) is 8. The van der Waals surface area contributed by atoms with E-state index in [-0.39, 0.29) is 72.2 Å². The van der Waals surface area contributed by atoms with Crippen LogP contribution in [0.25, 0.3) is 0 Å². The normalized spacial score (nSPS) is 29.3. The van der Waals surface area contributed by atoms with Crippen LogP contribution in [0.3, 0.4) is 0 Å². The van der Waals surface area contributed by atoms with Gasteiger partial charge in [-0.1, -0.05) is 12.5 Å².